The van der Waals surface area contributed by atoms with Gasteiger partial charge in [0.15, 0.2) is 11.8 Å². The van der Waals surface area contributed by atoms with Crippen LogP contribution < -0.4 is 10.6 Å². The van der Waals surface area contributed by atoms with Crippen molar-refractivity contribution in [3.05, 3.63) is 64.7 Å². The predicted octanol–water partition coefficient (Wildman–Crippen LogP) is 3.24. The number of aliphatic imine (C=N–C) groups is 1. The van der Waals surface area contributed by atoms with Crippen LogP contribution in [0.25, 0.3) is 5.82 Å². The number of hydrogen-bond donors (Lipinski definition) is 2. The van der Waals surface area contributed by atoms with Gasteiger partial charge in [-0.25, -0.2) is 14.7 Å². The summed E-state index contributed by atoms with van der Waals surface area (Å²) in [4.78, 5) is 10.4. The van der Waals surface area contributed by atoms with Gasteiger partial charge < -0.3 is 10.6 Å². The van der Waals surface area contributed by atoms with Crippen LogP contribution in [0.3, 0.4) is 0 Å². The molecule has 0 bridgehead atoms. The standard InChI is InChI=1S/C18H22N6S.HI/c1-2-19-18(21-10-7-16-5-3-12-25-16)22-14-15-6-9-20-17(13-15)24-11-4-8-23-24;/h3-6,8-9,11-13H,2,7,10,14H2,1H3,(H2,19,21,22);1H. The summed E-state index contributed by atoms with van der Waals surface area (Å²) in [5.41, 5.74) is 1.09. The summed E-state index contributed by atoms with van der Waals surface area (Å²) in [7, 11) is 0. The summed E-state index contributed by atoms with van der Waals surface area (Å²) in [5.74, 6) is 1.63. The molecular formula is C18H23IN6S. The van der Waals surface area contributed by atoms with E-state index in [-0.39, 0.29) is 24.0 Å². The van der Waals surface area contributed by atoms with Gasteiger partial charge in [-0.05, 0) is 48.6 Å². The fraction of sp³-hybridized carbons (Fsp3) is 0.278. The second-order valence-corrected chi connectivity index (χ2v) is 6.46. The lowest BCUT2D eigenvalue weighted by Gasteiger charge is -2.11. The van der Waals surface area contributed by atoms with Gasteiger partial charge in [-0.1, -0.05) is 6.07 Å². The fourth-order valence-electron chi connectivity index (χ4n) is 2.36. The van der Waals surface area contributed by atoms with Crippen LogP contribution in [0.4, 0.5) is 0 Å². The molecule has 3 aromatic heterocycles. The van der Waals surface area contributed by atoms with E-state index in [1.807, 2.05) is 24.4 Å². The number of halogens is 1. The highest BCUT2D eigenvalue weighted by atomic mass is 127. The molecule has 0 saturated heterocycles. The highest BCUT2D eigenvalue weighted by Crippen LogP contribution is 2.09. The van der Waals surface area contributed by atoms with E-state index in [0.717, 1.165) is 36.9 Å². The van der Waals surface area contributed by atoms with Gasteiger partial charge in [0.1, 0.15) is 0 Å². The van der Waals surface area contributed by atoms with Crippen molar-refractivity contribution >= 4 is 41.3 Å². The molecule has 8 heteroatoms. The van der Waals surface area contributed by atoms with Crippen molar-refractivity contribution in [3.8, 4) is 5.82 Å². The first-order chi connectivity index (χ1) is 12.3. The lowest BCUT2D eigenvalue weighted by Crippen LogP contribution is -2.38. The van der Waals surface area contributed by atoms with Gasteiger partial charge in [-0.15, -0.1) is 35.3 Å². The molecule has 6 nitrogen and oxygen atoms in total. The number of pyridine rings is 1. The van der Waals surface area contributed by atoms with Crippen LogP contribution in [0, 0.1) is 0 Å². The minimum atomic E-state index is 0. The van der Waals surface area contributed by atoms with Crippen LogP contribution in [0.5, 0.6) is 0 Å². The van der Waals surface area contributed by atoms with E-state index >= 15 is 0 Å². The first kappa shape index (κ1) is 20.4. The Hall–Kier alpha value is -1.94. The first-order valence-corrected chi connectivity index (χ1v) is 9.22. The summed E-state index contributed by atoms with van der Waals surface area (Å²) >= 11 is 1.78. The Morgan fingerprint density at radius 2 is 2.15 bits per heavy atom. The average molecular weight is 482 g/mol. The van der Waals surface area contributed by atoms with E-state index in [1.54, 1.807) is 28.4 Å². The largest absolute Gasteiger partial charge is 0.357 e. The molecule has 2 N–H and O–H groups in total. The van der Waals surface area contributed by atoms with Crippen LogP contribution in [0.15, 0.2) is 59.3 Å². The molecule has 0 amide bonds. The van der Waals surface area contributed by atoms with Crippen molar-refractivity contribution in [2.45, 2.75) is 19.9 Å². The van der Waals surface area contributed by atoms with E-state index in [1.165, 1.54) is 4.88 Å². The van der Waals surface area contributed by atoms with Crippen molar-refractivity contribution in [1.82, 2.24) is 25.4 Å². The van der Waals surface area contributed by atoms with Gasteiger partial charge in [-0.2, -0.15) is 5.10 Å². The number of thiophene rings is 1. The third-order valence-electron chi connectivity index (χ3n) is 3.56. The van der Waals surface area contributed by atoms with E-state index < -0.39 is 0 Å². The minimum absolute atomic E-state index is 0. The molecule has 0 aliphatic carbocycles. The van der Waals surface area contributed by atoms with E-state index in [0.29, 0.717) is 6.54 Å². The molecule has 3 heterocycles. The molecule has 0 radical (unpaired) electrons. The fourth-order valence-corrected chi connectivity index (χ4v) is 3.07. The van der Waals surface area contributed by atoms with Crippen LogP contribution in [-0.4, -0.2) is 33.8 Å². The van der Waals surface area contributed by atoms with E-state index in [2.05, 4.69) is 50.1 Å². The van der Waals surface area contributed by atoms with Crippen molar-refractivity contribution in [3.63, 3.8) is 0 Å². The lowest BCUT2D eigenvalue weighted by molar-refractivity contribution is 0.802. The van der Waals surface area contributed by atoms with Crippen molar-refractivity contribution in [2.75, 3.05) is 13.1 Å². The molecule has 0 saturated carbocycles. The summed E-state index contributed by atoms with van der Waals surface area (Å²) in [6.07, 6.45) is 6.42. The Balaban J connectivity index is 0.00000243. The molecule has 0 atom stereocenters. The Morgan fingerprint density at radius 3 is 2.88 bits per heavy atom. The molecule has 0 spiro atoms. The van der Waals surface area contributed by atoms with Gasteiger partial charge in [-0.3, -0.25) is 0 Å². The summed E-state index contributed by atoms with van der Waals surface area (Å²) in [6, 6.07) is 10.1. The molecule has 0 aromatic carbocycles. The molecule has 26 heavy (non-hydrogen) atoms. The Kier molecular flexibility index (Phi) is 8.56. The molecule has 0 aliphatic heterocycles. The SMILES string of the molecule is CCNC(=NCc1ccnc(-n2cccn2)c1)NCCc1cccs1.I. The highest BCUT2D eigenvalue weighted by molar-refractivity contribution is 14.0. The van der Waals surface area contributed by atoms with Crippen LogP contribution in [0.1, 0.15) is 17.4 Å². The zero-order valence-corrected chi connectivity index (χ0v) is 17.8. The molecule has 0 fully saturated rings. The van der Waals surface area contributed by atoms with Crippen LogP contribution in [0.2, 0.25) is 0 Å². The number of aromatic nitrogens is 3. The predicted molar refractivity (Wildman–Crippen MR) is 118 cm³/mol. The monoisotopic (exact) mass is 482 g/mol. The maximum atomic E-state index is 4.67. The maximum absolute atomic E-state index is 4.67. The van der Waals surface area contributed by atoms with Crippen LogP contribution >= 0.6 is 35.3 Å². The van der Waals surface area contributed by atoms with Gasteiger partial charge in [0.05, 0.1) is 6.54 Å². The molecule has 3 rings (SSSR count). The normalized spacial score (nSPS) is 11.0. The molecular weight excluding hydrogens is 459 g/mol. The van der Waals surface area contributed by atoms with E-state index in [4.69, 9.17) is 0 Å². The van der Waals surface area contributed by atoms with Gasteiger partial charge >= 0.3 is 0 Å². The topological polar surface area (TPSA) is 67.1 Å². The van der Waals surface area contributed by atoms with Crippen molar-refractivity contribution in [1.29, 1.82) is 0 Å². The van der Waals surface area contributed by atoms with Gasteiger partial charge in [0, 0.05) is 36.6 Å². The summed E-state index contributed by atoms with van der Waals surface area (Å²) < 4.78 is 1.75. The van der Waals surface area contributed by atoms with E-state index in [9.17, 15) is 0 Å². The number of rotatable bonds is 7. The second-order valence-electron chi connectivity index (χ2n) is 5.42. The summed E-state index contributed by atoms with van der Waals surface area (Å²) in [6.45, 7) is 4.35. The zero-order valence-electron chi connectivity index (χ0n) is 14.6. The molecule has 0 aliphatic rings. The van der Waals surface area contributed by atoms with Crippen molar-refractivity contribution in [2.24, 2.45) is 4.99 Å². The summed E-state index contributed by atoms with van der Waals surface area (Å²) in [5, 5.41) is 13.0. The third kappa shape index (κ3) is 6.10. The van der Waals surface area contributed by atoms with Gasteiger partial charge in [0.2, 0.25) is 0 Å². The second kappa shape index (κ2) is 10.9. The third-order valence-corrected chi connectivity index (χ3v) is 4.49. The Bertz CT molecular complexity index is 786. The number of hydrogen-bond acceptors (Lipinski definition) is 4. The smallest absolute Gasteiger partial charge is 0.191 e. The van der Waals surface area contributed by atoms with Crippen molar-refractivity contribution < 1.29 is 0 Å². The molecule has 3 aromatic rings. The minimum Gasteiger partial charge on any atom is -0.357 e. The zero-order chi connectivity index (χ0) is 17.3. The molecule has 138 valence electrons. The number of nitrogens with one attached hydrogen (secondary N) is 2. The Morgan fingerprint density at radius 1 is 1.23 bits per heavy atom. The molecule has 0 unspecified atom stereocenters. The van der Waals surface area contributed by atoms with Gasteiger partial charge in [0.25, 0.3) is 0 Å². The van der Waals surface area contributed by atoms with Crippen LogP contribution in [-0.2, 0) is 13.0 Å². The first-order valence-electron chi connectivity index (χ1n) is 8.34. The maximum Gasteiger partial charge on any atom is 0.191 e. The quantitative estimate of drug-likeness (QED) is 0.308. The average Bonchev–Trinajstić information content (AvgIpc) is 3.34. The lowest BCUT2D eigenvalue weighted by atomic mass is 10.2. The number of nitrogens with zero attached hydrogens (tertiary/aromatic N) is 4. The number of guanidine groups is 1. The Labute approximate surface area is 174 Å². The highest BCUT2D eigenvalue weighted by Gasteiger charge is 2.02.